The molecule has 0 saturated carbocycles. The molecule has 53 heavy (non-hydrogen) atoms. The highest BCUT2D eigenvalue weighted by Gasteiger charge is 2.22. The van der Waals surface area contributed by atoms with Crippen LogP contribution in [-0.4, -0.2) is 41.0 Å². The molecule has 0 aromatic rings. The Bertz CT molecular complexity index is 1080. The summed E-state index contributed by atoms with van der Waals surface area (Å²) >= 11 is 0. The highest BCUT2D eigenvalue weighted by Crippen LogP contribution is 2.36. The Morgan fingerprint density at radius 3 is 1.36 bits per heavy atom. The van der Waals surface area contributed by atoms with E-state index in [2.05, 4.69) is 91.3 Å². The van der Waals surface area contributed by atoms with Crippen molar-refractivity contribution in [2.24, 2.45) is 0 Å². The molecule has 0 bridgehead atoms. The number of hydrogen-bond acceptors (Lipinski definition) is 6. The largest absolute Gasteiger partial charge is 0.469 e. The second kappa shape index (κ2) is 39.2. The first-order valence-electron chi connectivity index (χ1n) is 20.7. The van der Waals surface area contributed by atoms with E-state index in [1.54, 1.807) is 0 Å². The van der Waals surface area contributed by atoms with Crippen molar-refractivity contribution in [3.63, 3.8) is 0 Å². The Morgan fingerprint density at radius 1 is 0.509 bits per heavy atom. The maximum atomic E-state index is 12.4. The Labute approximate surface area is 323 Å². The average molecular weight is 763 g/mol. The summed E-state index contributed by atoms with van der Waals surface area (Å²) < 4.78 is 26.4. The van der Waals surface area contributed by atoms with Crippen LogP contribution in [0, 0.1) is 0 Å². The van der Waals surface area contributed by atoms with E-state index < -0.39 is 32.5 Å². The maximum Gasteiger partial charge on any atom is 0.469 e. The molecule has 1 unspecified atom stereocenters. The van der Waals surface area contributed by atoms with E-state index >= 15 is 0 Å². The van der Waals surface area contributed by atoms with Gasteiger partial charge in [-0.25, -0.2) is 4.57 Å². The zero-order valence-corrected chi connectivity index (χ0v) is 34.3. The quantitative estimate of drug-likeness (QED) is 0.0278. The van der Waals surface area contributed by atoms with Crippen molar-refractivity contribution >= 4 is 19.8 Å². The molecule has 0 heterocycles. The molecule has 0 radical (unpaired) electrons. The lowest BCUT2D eigenvalue weighted by Crippen LogP contribution is -2.29. The molecule has 8 nitrogen and oxygen atoms in total. The van der Waals surface area contributed by atoms with Gasteiger partial charge in [0.25, 0.3) is 0 Å². The summed E-state index contributed by atoms with van der Waals surface area (Å²) in [4.78, 5) is 42.8. The van der Waals surface area contributed by atoms with Crippen molar-refractivity contribution in [1.82, 2.24) is 0 Å². The third-order valence-corrected chi connectivity index (χ3v) is 8.94. The number of hydrogen-bond donors (Lipinski definition) is 2. The molecule has 0 aliphatic carbocycles. The minimum absolute atomic E-state index is 0.189. The van der Waals surface area contributed by atoms with Crippen LogP contribution in [0.1, 0.15) is 174 Å². The molecule has 2 N–H and O–H groups in total. The van der Waals surface area contributed by atoms with Crippen LogP contribution < -0.4 is 0 Å². The van der Waals surface area contributed by atoms with Crippen molar-refractivity contribution < 1.29 is 37.9 Å². The third-order valence-electron chi connectivity index (χ3n) is 8.46. The average Bonchev–Trinajstić information content (AvgIpc) is 3.13. The topological polar surface area (TPSA) is 119 Å². The molecule has 1 atom stereocenters. The lowest BCUT2D eigenvalue weighted by Gasteiger charge is -2.18. The molecule has 0 rings (SSSR count). The monoisotopic (exact) mass is 763 g/mol. The summed E-state index contributed by atoms with van der Waals surface area (Å²) in [6.07, 6.45) is 50.4. The predicted molar refractivity (Wildman–Crippen MR) is 220 cm³/mol. The van der Waals surface area contributed by atoms with Crippen molar-refractivity contribution in [2.75, 3.05) is 13.2 Å². The number of ether oxygens (including phenoxy) is 2. The van der Waals surface area contributed by atoms with Crippen molar-refractivity contribution in [2.45, 2.75) is 180 Å². The molecule has 0 spiro atoms. The lowest BCUT2D eigenvalue weighted by atomic mass is 10.1. The Hall–Kier alpha value is -2.51. The first kappa shape index (κ1) is 50.5. The van der Waals surface area contributed by atoms with Crippen molar-refractivity contribution in [1.29, 1.82) is 0 Å². The molecular formula is C44H75O8P. The second-order valence-corrected chi connectivity index (χ2v) is 14.8. The van der Waals surface area contributed by atoms with E-state index in [-0.39, 0.29) is 19.4 Å². The van der Waals surface area contributed by atoms with Crippen molar-refractivity contribution in [3.05, 3.63) is 72.9 Å². The van der Waals surface area contributed by atoms with Gasteiger partial charge in [0.2, 0.25) is 0 Å². The molecule has 0 amide bonds. The van der Waals surface area contributed by atoms with E-state index in [9.17, 15) is 14.2 Å². The fourth-order valence-corrected chi connectivity index (χ4v) is 5.75. The fraction of sp³-hybridized carbons (Fsp3) is 0.682. The normalized spacial score (nSPS) is 13.2. The summed E-state index contributed by atoms with van der Waals surface area (Å²) in [5.41, 5.74) is 0. The SMILES string of the molecule is CC/C=C\C/C=C\C/C=C\C/C=C\CCCCCCCCC(=O)OC(COC(=O)CCCCCCC/C=C\C/C=C\CCCCCC)COP(=O)(O)O. The number of phosphoric ester groups is 1. The summed E-state index contributed by atoms with van der Waals surface area (Å²) in [7, 11) is -4.77. The van der Waals surface area contributed by atoms with Crippen LogP contribution in [0.15, 0.2) is 72.9 Å². The highest BCUT2D eigenvalue weighted by atomic mass is 31.2. The molecule has 9 heteroatoms. The van der Waals surface area contributed by atoms with Gasteiger partial charge >= 0.3 is 19.8 Å². The Kier molecular flexibility index (Phi) is 37.3. The minimum atomic E-state index is -4.77. The molecule has 0 aromatic heterocycles. The standard InChI is InChI=1S/C44H75O8P/c1-3-5-7-9-11-13-15-17-19-21-22-23-25-27-29-31-33-35-37-39-44(46)52-42(41-51-53(47,48)49)40-50-43(45)38-36-34-32-30-28-26-24-20-18-16-14-12-10-8-6-4-2/h5,7,11,13-14,16-17,19-20,22-24,42H,3-4,6,8-10,12,15,18,21,25-41H2,1-2H3,(H2,47,48,49)/b7-5-,13-11-,16-14-,19-17-,23-22-,24-20-. The summed E-state index contributed by atoms with van der Waals surface area (Å²) in [5, 5.41) is 0. The van der Waals surface area contributed by atoms with Gasteiger partial charge in [0, 0.05) is 12.8 Å². The number of esters is 2. The van der Waals surface area contributed by atoms with E-state index in [1.807, 2.05) is 0 Å². The van der Waals surface area contributed by atoms with Gasteiger partial charge in [-0.2, -0.15) is 0 Å². The Morgan fingerprint density at radius 2 is 0.906 bits per heavy atom. The first-order valence-corrected chi connectivity index (χ1v) is 22.3. The van der Waals surface area contributed by atoms with Crippen LogP contribution in [0.2, 0.25) is 0 Å². The van der Waals surface area contributed by atoms with E-state index in [1.165, 1.54) is 32.1 Å². The molecule has 0 aromatic carbocycles. The molecule has 0 saturated heterocycles. The van der Waals surface area contributed by atoms with Gasteiger partial charge in [-0.05, 0) is 83.5 Å². The van der Waals surface area contributed by atoms with Crippen LogP contribution in [0.5, 0.6) is 0 Å². The van der Waals surface area contributed by atoms with E-state index in [0.717, 1.165) is 103 Å². The van der Waals surface area contributed by atoms with Gasteiger partial charge in [-0.3, -0.25) is 14.1 Å². The van der Waals surface area contributed by atoms with Crippen LogP contribution in [-0.2, 0) is 28.2 Å². The van der Waals surface area contributed by atoms with Crippen LogP contribution in [0.3, 0.4) is 0 Å². The number of carbonyl (C=O) groups is 2. The van der Waals surface area contributed by atoms with Gasteiger partial charge in [0.05, 0.1) is 6.61 Å². The lowest BCUT2D eigenvalue weighted by molar-refractivity contribution is -0.161. The van der Waals surface area contributed by atoms with E-state index in [0.29, 0.717) is 12.8 Å². The third kappa shape index (κ3) is 42.1. The van der Waals surface area contributed by atoms with Crippen LogP contribution in [0.4, 0.5) is 0 Å². The van der Waals surface area contributed by atoms with Crippen molar-refractivity contribution in [3.8, 4) is 0 Å². The van der Waals surface area contributed by atoms with Gasteiger partial charge in [0.15, 0.2) is 6.10 Å². The molecule has 0 aliphatic rings. The molecule has 304 valence electrons. The van der Waals surface area contributed by atoms with E-state index in [4.69, 9.17) is 19.3 Å². The first-order chi connectivity index (χ1) is 25.8. The van der Waals surface area contributed by atoms with Gasteiger partial charge in [-0.15, -0.1) is 0 Å². The number of carbonyl (C=O) groups excluding carboxylic acids is 2. The highest BCUT2D eigenvalue weighted by molar-refractivity contribution is 7.46. The zero-order chi connectivity index (χ0) is 38.9. The zero-order valence-electron chi connectivity index (χ0n) is 33.4. The second-order valence-electron chi connectivity index (χ2n) is 13.6. The predicted octanol–water partition coefficient (Wildman–Crippen LogP) is 12.7. The summed E-state index contributed by atoms with van der Waals surface area (Å²) in [6, 6.07) is 0. The Balaban J connectivity index is 4.00. The molecular weight excluding hydrogens is 687 g/mol. The molecule has 0 aliphatic heterocycles. The summed E-state index contributed by atoms with van der Waals surface area (Å²) in [5.74, 6) is -0.922. The number of rotatable bonds is 37. The maximum absolute atomic E-state index is 12.4. The van der Waals surface area contributed by atoms with Crippen LogP contribution in [0.25, 0.3) is 0 Å². The number of allylic oxidation sites excluding steroid dienone is 12. The molecule has 0 fully saturated rings. The fourth-order valence-electron chi connectivity index (χ4n) is 5.39. The number of unbranched alkanes of at least 4 members (excludes halogenated alkanes) is 15. The van der Waals surface area contributed by atoms with Crippen LogP contribution >= 0.6 is 7.82 Å². The number of phosphoric acid groups is 1. The summed E-state index contributed by atoms with van der Waals surface area (Å²) in [6.45, 7) is 3.52. The van der Waals surface area contributed by atoms with Gasteiger partial charge < -0.3 is 19.3 Å². The van der Waals surface area contributed by atoms with Gasteiger partial charge in [0.1, 0.15) is 6.61 Å². The van der Waals surface area contributed by atoms with Gasteiger partial charge in [-0.1, -0.05) is 151 Å². The minimum Gasteiger partial charge on any atom is -0.462 e. The smallest absolute Gasteiger partial charge is 0.462 e.